The minimum absolute atomic E-state index is 0.0258. The second-order valence-electron chi connectivity index (χ2n) is 8.63. The molecule has 1 aromatic rings. The second kappa shape index (κ2) is 13.5. The van der Waals surface area contributed by atoms with Crippen molar-refractivity contribution in [3.8, 4) is 0 Å². The van der Waals surface area contributed by atoms with Crippen LogP contribution in [0.4, 0.5) is 5.69 Å². The van der Waals surface area contributed by atoms with Gasteiger partial charge in [-0.15, -0.1) is 0 Å². The zero-order chi connectivity index (χ0) is 23.5. The summed E-state index contributed by atoms with van der Waals surface area (Å²) in [7, 11) is 0. The van der Waals surface area contributed by atoms with E-state index in [2.05, 4.69) is 13.8 Å². The number of carbonyl (C=O) groups is 3. The molecule has 0 aromatic heterocycles. The van der Waals surface area contributed by atoms with Gasteiger partial charge >= 0.3 is 0 Å². The fourth-order valence-electron chi connectivity index (χ4n) is 3.93. The summed E-state index contributed by atoms with van der Waals surface area (Å²) in [6.07, 6.45) is 9.04. The first-order chi connectivity index (χ1) is 15.4. The van der Waals surface area contributed by atoms with Gasteiger partial charge in [-0.1, -0.05) is 70.0 Å². The lowest BCUT2D eigenvalue weighted by atomic mass is 10.1. The van der Waals surface area contributed by atoms with E-state index in [9.17, 15) is 14.4 Å². The maximum atomic E-state index is 13.0. The summed E-state index contributed by atoms with van der Waals surface area (Å²) in [5.74, 6) is -0.287. The van der Waals surface area contributed by atoms with Crippen molar-refractivity contribution in [1.29, 1.82) is 0 Å². The van der Waals surface area contributed by atoms with Crippen LogP contribution in [0.25, 0.3) is 0 Å². The fourth-order valence-corrected chi connectivity index (χ4v) is 4.10. The van der Waals surface area contributed by atoms with Crippen molar-refractivity contribution in [3.05, 3.63) is 28.8 Å². The third-order valence-electron chi connectivity index (χ3n) is 6.03. The van der Waals surface area contributed by atoms with Gasteiger partial charge in [-0.2, -0.15) is 0 Å². The molecule has 1 aromatic carbocycles. The number of benzene rings is 1. The zero-order valence-corrected chi connectivity index (χ0v) is 20.6. The van der Waals surface area contributed by atoms with Crippen molar-refractivity contribution in [2.75, 3.05) is 31.2 Å². The molecule has 1 aliphatic rings. The number of hydrogen-bond acceptors (Lipinski definition) is 3. The first-order valence-electron chi connectivity index (χ1n) is 12.0. The highest BCUT2D eigenvalue weighted by atomic mass is 35.5. The fraction of sp³-hybridized carbons (Fsp3) is 0.640. The average molecular weight is 464 g/mol. The standard InChI is InChI=1S/C25H38ClN3O3/c1-4-6-8-9-10-11-15-23(30)27(16-7-5-2)17-24(31)28-18-25(32)29(19-28)22-14-12-13-21(26)20(22)3/h12-14H,4-11,15-19H2,1-3H3. The van der Waals surface area contributed by atoms with Crippen LogP contribution in [0.15, 0.2) is 18.2 Å². The summed E-state index contributed by atoms with van der Waals surface area (Å²) in [5.41, 5.74) is 1.54. The van der Waals surface area contributed by atoms with Crippen molar-refractivity contribution in [3.63, 3.8) is 0 Å². The van der Waals surface area contributed by atoms with Crippen LogP contribution in [0.1, 0.15) is 77.2 Å². The normalized spacial score (nSPS) is 13.7. The van der Waals surface area contributed by atoms with Gasteiger partial charge in [0.05, 0.1) is 6.54 Å². The molecule has 1 aliphatic heterocycles. The predicted octanol–water partition coefficient (Wildman–Crippen LogP) is 5.16. The molecule has 3 amide bonds. The molecule has 178 valence electrons. The van der Waals surface area contributed by atoms with E-state index in [1.165, 1.54) is 24.2 Å². The van der Waals surface area contributed by atoms with Crippen LogP contribution in [0.5, 0.6) is 0 Å². The van der Waals surface area contributed by atoms with Gasteiger partial charge in [0, 0.05) is 23.7 Å². The first-order valence-corrected chi connectivity index (χ1v) is 12.4. The zero-order valence-electron chi connectivity index (χ0n) is 19.9. The summed E-state index contributed by atoms with van der Waals surface area (Å²) in [6, 6.07) is 5.42. The van der Waals surface area contributed by atoms with Crippen LogP contribution in [0, 0.1) is 6.92 Å². The quantitative estimate of drug-likeness (QED) is 0.379. The van der Waals surface area contributed by atoms with E-state index in [0.717, 1.165) is 43.4 Å². The first kappa shape index (κ1) is 26.2. The number of anilines is 1. The van der Waals surface area contributed by atoms with E-state index in [1.54, 1.807) is 21.9 Å². The Kier molecular flexibility index (Phi) is 11.0. The highest BCUT2D eigenvalue weighted by Crippen LogP contribution is 2.28. The van der Waals surface area contributed by atoms with E-state index < -0.39 is 0 Å². The number of nitrogens with zero attached hydrogens (tertiary/aromatic N) is 3. The Morgan fingerprint density at radius 3 is 2.44 bits per heavy atom. The summed E-state index contributed by atoms with van der Waals surface area (Å²) in [4.78, 5) is 43.2. The maximum absolute atomic E-state index is 13.0. The summed E-state index contributed by atoms with van der Waals surface area (Å²) < 4.78 is 0. The molecule has 0 radical (unpaired) electrons. The molecule has 0 bridgehead atoms. The van der Waals surface area contributed by atoms with Crippen LogP contribution in [0.2, 0.25) is 5.02 Å². The Labute approximate surface area is 197 Å². The molecule has 7 heteroatoms. The molecule has 1 heterocycles. The molecule has 2 rings (SSSR count). The van der Waals surface area contributed by atoms with Crippen molar-refractivity contribution in [1.82, 2.24) is 9.80 Å². The molecular formula is C25H38ClN3O3. The summed E-state index contributed by atoms with van der Waals surface area (Å²) in [5, 5.41) is 0.589. The van der Waals surface area contributed by atoms with Gasteiger partial charge in [0.2, 0.25) is 17.7 Å². The van der Waals surface area contributed by atoms with Gasteiger partial charge in [0.25, 0.3) is 0 Å². The minimum atomic E-state index is -0.187. The monoisotopic (exact) mass is 463 g/mol. The lowest BCUT2D eigenvalue weighted by Gasteiger charge is -2.25. The SMILES string of the molecule is CCCCCCCCC(=O)N(CCCC)CC(=O)N1CC(=O)N(c2cccc(Cl)c2C)C1. The Hall–Kier alpha value is -2.08. The van der Waals surface area contributed by atoms with E-state index in [0.29, 0.717) is 18.0 Å². The van der Waals surface area contributed by atoms with Crippen molar-refractivity contribution in [2.45, 2.75) is 78.6 Å². The lowest BCUT2D eigenvalue weighted by molar-refractivity contribution is -0.140. The van der Waals surface area contributed by atoms with Crippen LogP contribution < -0.4 is 4.90 Å². The molecule has 0 N–H and O–H groups in total. The third kappa shape index (κ3) is 7.51. The van der Waals surface area contributed by atoms with Gasteiger partial charge in [0.15, 0.2) is 0 Å². The smallest absolute Gasteiger partial charge is 0.248 e. The molecular weight excluding hydrogens is 426 g/mol. The Bertz CT molecular complexity index is 784. The van der Waals surface area contributed by atoms with E-state index >= 15 is 0 Å². The van der Waals surface area contributed by atoms with Crippen LogP contribution in [-0.2, 0) is 14.4 Å². The van der Waals surface area contributed by atoms with E-state index in [4.69, 9.17) is 11.6 Å². The average Bonchev–Trinajstić information content (AvgIpc) is 3.16. The number of carbonyl (C=O) groups excluding carboxylic acids is 3. The summed E-state index contributed by atoms with van der Waals surface area (Å²) in [6.45, 7) is 6.95. The number of halogens is 1. The highest BCUT2D eigenvalue weighted by Gasteiger charge is 2.33. The van der Waals surface area contributed by atoms with E-state index in [-0.39, 0.29) is 37.5 Å². The van der Waals surface area contributed by atoms with Crippen molar-refractivity contribution < 1.29 is 14.4 Å². The van der Waals surface area contributed by atoms with Gasteiger partial charge in [-0.25, -0.2) is 0 Å². The molecule has 0 saturated carbocycles. The number of rotatable bonds is 13. The van der Waals surface area contributed by atoms with E-state index in [1.807, 2.05) is 13.0 Å². The van der Waals surface area contributed by atoms with Crippen LogP contribution >= 0.6 is 11.6 Å². The molecule has 6 nitrogen and oxygen atoms in total. The molecule has 0 unspecified atom stereocenters. The Balaban J connectivity index is 1.93. The molecule has 0 spiro atoms. The van der Waals surface area contributed by atoms with Gasteiger partial charge in [-0.05, 0) is 37.5 Å². The molecule has 1 saturated heterocycles. The highest BCUT2D eigenvalue weighted by molar-refractivity contribution is 6.31. The Morgan fingerprint density at radius 1 is 1.03 bits per heavy atom. The van der Waals surface area contributed by atoms with Crippen molar-refractivity contribution >= 4 is 35.0 Å². The largest absolute Gasteiger partial charge is 0.333 e. The van der Waals surface area contributed by atoms with Crippen molar-refractivity contribution in [2.24, 2.45) is 0 Å². The minimum Gasteiger partial charge on any atom is -0.333 e. The molecule has 1 fully saturated rings. The Morgan fingerprint density at radius 2 is 1.72 bits per heavy atom. The third-order valence-corrected chi connectivity index (χ3v) is 6.44. The number of amides is 3. The second-order valence-corrected chi connectivity index (χ2v) is 9.03. The molecule has 0 atom stereocenters. The van der Waals surface area contributed by atoms with Crippen LogP contribution in [-0.4, -0.2) is 53.8 Å². The predicted molar refractivity (Wildman–Crippen MR) is 130 cm³/mol. The van der Waals surface area contributed by atoms with Gasteiger partial charge in [0.1, 0.15) is 13.2 Å². The molecule has 32 heavy (non-hydrogen) atoms. The maximum Gasteiger partial charge on any atom is 0.248 e. The lowest BCUT2D eigenvalue weighted by Crippen LogP contribution is -2.43. The van der Waals surface area contributed by atoms with Gasteiger partial charge in [-0.3, -0.25) is 19.3 Å². The number of unbranched alkanes of at least 4 members (excludes halogenated alkanes) is 6. The van der Waals surface area contributed by atoms with Gasteiger partial charge < -0.3 is 9.80 Å². The van der Waals surface area contributed by atoms with Crippen LogP contribution in [0.3, 0.4) is 0 Å². The molecule has 0 aliphatic carbocycles. The topological polar surface area (TPSA) is 60.9 Å². The number of hydrogen-bond donors (Lipinski definition) is 0. The summed E-state index contributed by atoms with van der Waals surface area (Å²) >= 11 is 6.21.